The summed E-state index contributed by atoms with van der Waals surface area (Å²) in [5, 5.41) is 10.0. The second-order valence-corrected chi connectivity index (χ2v) is 5.50. The Morgan fingerprint density at radius 2 is 1.70 bits per heavy atom. The molecular formula is C18H13ClN4. The van der Waals surface area contributed by atoms with Crippen molar-refractivity contribution >= 4 is 23.1 Å². The molecule has 5 heteroatoms. The molecule has 3 aromatic rings. The maximum absolute atomic E-state index is 9.40. The molecule has 0 fully saturated rings. The number of hydrogen-bond donors (Lipinski definition) is 2. The maximum atomic E-state index is 9.40. The Bertz CT molecular complexity index is 911. The first-order valence-electron chi connectivity index (χ1n) is 6.91. The van der Waals surface area contributed by atoms with E-state index in [2.05, 4.69) is 11.1 Å². The largest absolute Gasteiger partial charge is 0.399 e. The van der Waals surface area contributed by atoms with Crippen molar-refractivity contribution in [2.45, 2.75) is 0 Å². The molecule has 0 amide bonds. The lowest BCUT2D eigenvalue weighted by Gasteiger charge is -2.10. The number of hydrogen-bond acceptors (Lipinski definition) is 4. The highest BCUT2D eigenvalue weighted by molar-refractivity contribution is 6.30. The summed E-state index contributed by atoms with van der Waals surface area (Å²) in [6.07, 6.45) is 0. The number of anilines is 2. The van der Waals surface area contributed by atoms with E-state index in [1.54, 1.807) is 18.2 Å². The van der Waals surface area contributed by atoms with E-state index in [9.17, 15) is 5.26 Å². The second kappa shape index (κ2) is 5.99. The Hall–Kier alpha value is -3.03. The minimum atomic E-state index is 0.191. The number of nitrogens with zero attached hydrogens (tertiary/aromatic N) is 2. The van der Waals surface area contributed by atoms with Crippen LogP contribution < -0.4 is 11.5 Å². The van der Waals surface area contributed by atoms with E-state index in [1.165, 1.54) is 0 Å². The number of aromatic nitrogens is 1. The Labute approximate surface area is 139 Å². The first-order chi connectivity index (χ1) is 11.1. The van der Waals surface area contributed by atoms with Gasteiger partial charge in [0.25, 0.3) is 0 Å². The van der Waals surface area contributed by atoms with Crippen LogP contribution in [-0.2, 0) is 0 Å². The van der Waals surface area contributed by atoms with Gasteiger partial charge in [0.15, 0.2) is 0 Å². The van der Waals surface area contributed by atoms with Gasteiger partial charge in [0.2, 0.25) is 0 Å². The van der Waals surface area contributed by atoms with Crippen molar-refractivity contribution in [2.24, 2.45) is 0 Å². The monoisotopic (exact) mass is 320 g/mol. The number of halogens is 1. The van der Waals surface area contributed by atoms with Crippen LogP contribution in [0.3, 0.4) is 0 Å². The van der Waals surface area contributed by atoms with E-state index in [1.807, 2.05) is 36.4 Å². The standard InChI is InChI=1S/C18H13ClN4/c19-13-3-1-2-12(8-13)17-9-15(16(10-20)18(22)23-17)11-4-6-14(21)7-5-11/h1-9H,21H2,(H2,22,23). The third kappa shape index (κ3) is 2.96. The first-order valence-corrected chi connectivity index (χ1v) is 7.29. The molecule has 1 aromatic heterocycles. The summed E-state index contributed by atoms with van der Waals surface area (Å²) in [7, 11) is 0. The molecule has 23 heavy (non-hydrogen) atoms. The van der Waals surface area contributed by atoms with Crippen molar-refractivity contribution < 1.29 is 0 Å². The molecule has 4 N–H and O–H groups in total. The summed E-state index contributed by atoms with van der Waals surface area (Å²) in [6.45, 7) is 0. The van der Waals surface area contributed by atoms with Crippen LogP contribution in [0.15, 0.2) is 54.6 Å². The van der Waals surface area contributed by atoms with Crippen molar-refractivity contribution in [1.82, 2.24) is 4.98 Å². The molecule has 0 radical (unpaired) electrons. The SMILES string of the molecule is N#Cc1c(-c2ccc(N)cc2)cc(-c2cccc(Cl)c2)nc1N. The predicted octanol–water partition coefficient (Wildman–Crippen LogP) is 4.11. The van der Waals surface area contributed by atoms with Crippen molar-refractivity contribution in [3.8, 4) is 28.5 Å². The third-order valence-corrected chi connectivity index (χ3v) is 3.74. The molecule has 0 aliphatic carbocycles. The summed E-state index contributed by atoms with van der Waals surface area (Å²) in [6, 6.07) is 18.6. The summed E-state index contributed by atoms with van der Waals surface area (Å²) in [5.74, 6) is 0.191. The van der Waals surface area contributed by atoms with Crippen LogP contribution in [0.1, 0.15) is 5.56 Å². The Morgan fingerprint density at radius 1 is 0.957 bits per heavy atom. The molecule has 0 bridgehead atoms. The fourth-order valence-electron chi connectivity index (χ4n) is 2.37. The van der Waals surface area contributed by atoms with Gasteiger partial charge in [-0.15, -0.1) is 0 Å². The lowest BCUT2D eigenvalue weighted by molar-refractivity contribution is 1.31. The maximum Gasteiger partial charge on any atom is 0.142 e. The molecule has 0 spiro atoms. The molecule has 3 rings (SSSR count). The van der Waals surface area contributed by atoms with Crippen LogP contribution in [0.25, 0.3) is 22.4 Å². The molecular weight excluding hydrogens is 308 g/mol. The molecule has 0 saturated heterocycles. The van der Waals surface area contributed by atoms with Crippen molar-refractivity contribution in [3.05, 3.63) is 65.2 Å². The van der Waals surface area contributed by atoms with Crippen molar-refractivity contribution in [1.29, 1.82) is 5.26 Å². The zero-order valence-electron chi connectivity index (χ0n) is 12.1. The van der Waals surface area contributed by atoms with Crippen LogP contribution in [0.5, 0.6) is 0 Å². The molecule has 0 atom stereocenters. The van der Waals surface area contributed by atoms with E-state index in [-0.39, 0.29) is 5.82 Å². The molecule has 2 aromatic carbocycles. The van der Waals surface area contributed by atoms with Crippen molar-refractivity contribution in [3.63, 3.8) is 0 Å². The number of nitrogens with two attached hydrogens (primary N) is 2. The molecule has 0 unspecified atom stereocenters. The minimum Gasteiger partial charge on any atom is -0.399 e. The van der Waals surface area contributed by atoms with E-state index >= 15 is 0 Å². The van der Waals surface area contributed by atoms with Crippen LogP contribution in [0, 0.1) is 11.3 Å². The minimum absolute atomic E-state index is 0.191. The predicted molar refractivity (Wildman–Crippen MR) is 93.7 cm³/mol. The van der Waals surface area contributed by atoms with Gasteiger partial charge in [-0.3, -0.25) is 0 Å². The van der Waals surface area contributed by atoms with Gasteiger partial charge >= 0.3 is 0 Å². The lowest BCUT2D eigenvalue weighted by atomic mass is 9.98. The number of pyridine rings is 1. The molecule has 0 saturated carbocycles. The average Bonchev–Trinajstić information content (AvgIpc) is 2.55. The summed E-state index contributed by atoms with van der Waals surface area (Å²) in [5.41, 5.74) is 15.8. The zero-order valence-corrected chi connectivity index (χ0v) is 12.9. The highest BCUT2D eigenvalue weighted by atomic mass is 35.5. The highest BCUT2D eigenvalue weighted by Crippen LogP contribution is 2.32. The molecule has 4 nitrogen and oxygen atoms in total. The quantitative estimate of drug-likeness (QED) is 0.695. The van der Waals surface area contributed by atoms with Gasteiger partial charge in [-0.2, -0.15) is 5.26 Å². The van der Waals surface area contributed by atoms with Gasteiger partial charge < -0.3 is 11.5 Å². The van der Waals surface area contributed by atoms with E-state index in [0.29, 0.717) is 22.0 Å². The van der Waals surface area contributed by atoms with Crippen LogP contribution in [-0.4, -0.2) is 4.98 Å². The zero-order chi connectivity index (χ0) is 16.4. The van der Waals surface area contributed by atoms with Crippen LogP contribution in [0.4, 0.5) is 11.5 Å². The van der Waals surface area contributed by atoms with Gasteiger partial charge in [0.1, 0.15) is 17.5 Å². The number of benzene rings is 2. The molecule has 1 heterocycles. The molecule has 0 aliphatic rings. The summed E-state index contributed by atoms with van der Waals surface area (Å²) >= 11 is 6.04. The lowest BCUT2D eigenvalue weighted by Crippen LogP contribution is -2.00. The Kier molecular flexibility index (Phi) is 3.88. The van der Waals surface area contributed by atoms with Crippen LogP contribution in [0.2, 0.25) is 5.02 Å². The Balaban J connectivity index is 2.22. The van der Waals surface area contributed by atoms with Crippen molar-refractivity contribution in [2.75, 3.05) is 11.5 Å². The number of rotatable bonds is 2. The van der Waals surface area contributed by atoms with Crippen LogP contribution >= 0.6 is 11.6 Å². The van der Waals surface area contributed by atoms with Gasteiger partial charge in [-0.1, -0.05) is 35.9 Å². The first kappa shape index (κ1) is 14.9. The number of nitrogen functional groups attached to an aromatic ring is 2. The fraction of sp³-hybridized carbons (Fsp3) is 0. The van der Waals surface area contributed by atoms with Gasteiger partial charge in [-0.25, -0.2) is 4.98 Å². The average molecular weight is 321 g/mol. The highest BCUT2D eigenvalue weighted by Gasteiger charge is 2.13. The topological polar surface area (TPSA) is 88.7 Å². The molecule has 112 valence electrons. The van der Waals surface area contributed by atoms with Gasteiger partial charge in [-0.05, 0) is 35.9 Å². The van der Waals surface area contributed by atoms with Gasteiger partial charge in [0, 0.05) is 21.8 Å². The normalized spacial score (nSPS) is 10.3. The smallest absolute Gasteiger partial charge is 0.142 e. The van der Waals surface area contributed by atoms with E-state index < -0.39 is 0 Å². The summed E-state index contributed by atoms with van der Waals surface area (Å²) < 4.78 is 0. The second-order valence-electron chi connectivity index (χ2n) is 5.06. The van der Waals surface area contributed by atoms with E-state index in [0.717, 1.165) is 16.7 Å². The Morgan fingerprint density at radius 3 is 2.35 bits per heavy atom. The third-order valence-electron chi connectivity index (χ3n) is 3.50. The number of nitriles is 1. The van der Waals surface area contributed by atoms with Gasteiger partial charge in [0.05, 0.1) is 5.69 Å². The summed E-state index contributed by atoms with van der Waals surface area (Å²) in [4.78, 5) is 4.33. The molecule has 0 aliphatic heterocycles. The fourth-order valence-corrected chi connectivity index (χ4v) is 2.56. The van der Waals surface area contributed by atoms with E-state index in [4.69, 9.17) is 23.1 Å².